The molecule has 0 bridgehead atoms. The molecule has 0 spiro atoms. The van der Waals surface area contributed by atoms with Crippen LogP contribution in [0.3, 0.4) is 0 Å². The van der Waals surface area contributed by atoms with Crippen molar-refractivity contribution in [3.05, 3.63) is 71.4 Å². The van der Waals surface area contributed by atoms with Crippen LogP contribution in [0.4, 0.5) is 0 Å². The Morgan fingerprint density at radius 1 is 0.909 bits per heavy atom. The Morgan fingerprint density at radius 2 is 1.67 bits per heavy atom. The minimum Gasteiger partial charge on any atom is -0.356 e. The SMILES string of the molecule is O=C1[C@@H]2Cc3c([nH]c4ccccc34)[C@@H](CCc3ccccc3)N2C(=O)CN1C1CCCCC1. The normalized spacial score (nSPS) is 23.6. The van der Waals surface area contributed by atoms with Gasteiger partial charge in [0.2, 0.25) is 11.8 Å². The van der Waals surface area contributed by atoms with Crippen molar-refractivity contribution in [1.29, 1.82) is 0 Å². The summed E-state index contributed by atoms with van der Waals surface area (Å²) < 4.78 is 0. The zero-order chi connectivity index (χ0) is 22.4. The minimum atomic E-state index is -0.388. The van der Waals surface area contributed by atoms with E-state index in [2.05, 4.69) is 47.4 Å². The van der Waals surface area contributed by atoms with Gasteiger partial charge in [-0.1, -0.05) is 67.8 Å². The molecule has 6 rings (SSSR count). The molecule has 1 saturated heterocycles. The maximum absolute atomic E-state index is 13.8. The van der Waals surface area contributed by atoms with Crippen LogP contribution in [0, 0.1) is 0 Å². The molecule has 2 amide bonds. The lowest BCUT2D eigenvalue weighted by molar-refractivity contribution is -0.162. The average Bonchev–Trinajstić information content (AvgIpc) is 3.24. The lowest BCUT2D eigenvalue weighted by Gasteiger charge is -2.49. The highest BCUT2D eigenvalue weighted by molar-refractivity contribution is 5.97. The van der Waals surface area contributed by atoms with Crippen molar-refractivity contribution in [1.82, 2.24) is 14.8 Å². The summed E-state index contributed by atoms with van der Waals surface area (Å²) >= 11 is 0. The Balaban J connectivity index is 1.38. The topological polar surface area (TPSA) is 56.4 Å². The van der Waals surface area contributed by atoms with Crippen molar-refractivity contribution in [2.24, 2.45) is 0 Å². The van der Waals surface area contributed by atoms with E-state index in [1.165, 1.54) is 22.9 Å². The quantitative estimate of drug-likeness (QED) is 0.634. The van der Waals surface area contributed by atoms with Crippen molar-refractivity contribution in [2.75, 3.05) is 6.54 Å². The number of aromatic amines is 1. The van der Waals surface area contributed by atoms with Gasteiger partial charge in [-0.05, 0) is 42.9 Å². The number of H-pyrrole nitrogens is 1. The first kappa shape index (κ1) is 20.5. The number of carbonyl (C=O) groups is 2. The van der Waals surface area contributed by atoms with Gasteiger partial charge in [0, 0.05) is 29.1 Å². The van der Waals surface area contributed by atoms with Gasteiger partial charge in [0.1, 0.15) is 12.6 Å². The lowest BCUT2D eigenvalue weighted by Crippen LogP contribution is -2.64. The summed E-state index contributed by atoms with van der Waals surface area (Å²) in [5, 5.41) is 1.19. The van der Waals surface area contributed by atoms with Gasteiger partial charge in [0.05, 0.1) is 6.04 Å². The van der Waals surface area contributed by atoms with Crippen LogP contribution in [0.1, 0.15) is 61.4 Å². The number of aryl methyl sites for hydroxylation is 1. The van der Waals surface area contributed by atoms with Crippen LogP contribution < -0.4 is 0 Å². The van der Waals surface area contributed by atoms with Crippen molar-refractivity contribution in [3.8, 4) is 0 Å². The summed E-state index contributed by atoms with van der Waals surface area (Å²) in [4.78, 5) is 34.9. The molecule has 2 aliphatic heterocycles. The second-order valence-corrected chi connectivity index (χ2v) is 9.88. The van der Waals surface area contributed by atoms with E-state index in [4.69, 9.17) is 0 Å². The lowest BCUT2D eigenvalue weighted by atomic mass is 9.85. The number of aromatic nitrogens is 1. The summed E-state index contributed by atoms with van der Waals surface area (Å²) in [6.07, 6.45) is 7.90. The zero-order valence-corrected chi connectivity index (χ0v) is 19.0. The molecular weight excluding hydrogens is 410 g/mol. The molecule has 5 nitrogen and oxygen atoms in total. The zero-order valence-electron chi connectivity index (χ0n) is 19.0. The minimum absolute atomic E-state index is 0.101. The van der Waals surface area contributed by atoms with Gasteiger partial charge in [-0.15, -0.1) is 0 Å². The van der Waals surface area contributed by atoms with E-state index in [9.17, 15) is 9.59 Å². The number of nitrogens with one attached hydrogen (secondary N) is 1. The molecule has 3 aliphatic rings. The van der Waals surface area contributed by atoms with Crippen LogP contribution in [0.15, 0.2) is 54.6 Å². The molecule has 5 heteroatoms. The number of para-hydroxylation sites is 1. The monoisotopic (exact) mass is 441 g/mol. The molecule has 0 unspecified atom stereocenters. The van der Waals surface area contributed by atoms with Gasteiger partial charge >= 0.3 is 0 Å². The van der Waals surface area contributed by atoms with Gasteiger partial charge < -0.3 is 14.8 Å². The molecule has 170 valence electrons. The molecule has 2 atom stereocenters. The first-order chi connectivity index (χ1) is 16.2. The van der Waals surface area contributed by atoms with Gasteiger partial charge in [0.25, 0.3) is 0 Å². The third-order valence-corrected chi connectivity index (χ3v) is 7.98. The van der Waals surface area contributed by atoms with Gasteiger partial charge in [-0.3, -0.25) is 9.59 Å². The number of carbonyl (C=O) groups excluding carboxylic acids is 2. The fourth-order valence-electron chi connectivity index (χ4n) is 6.36. The number of fused-ring (bicyclic) bond motifs is 4. The highest BCUT2D eigenvalue weighted by Gasteiger charge is 2.48. The molecule has 1 N–H and O–H groups in total. The van der Waals surface area contributed by atoms with Crippen molar-refractivity contribution >= 4 is 22.7 Å². The van der Waals surface area contributed by atoms with E-state index in [1.54, 1.807) is 0 Å². The van der Waals surface area contributed by atoms with Crippen LogP contribution in [-0.2, 0) is 22.4 Å². The van der Waals surface area contributed by atoms with E-state index < -0.39 is 0 Å². The summed E-state index contributed by atoms with van der Waals surface area (Å²) in [6.45, 7) is 0.234. The maximum Gasteiger partial charge on any atom is 0.246 e. The first-order valence-electron chi connectivity index (χ1n) is 12.5. The summed E-state index contributed by atoms with van der Waals surface area (Å²) in [5.41, 5.74) is 4.69. The number of piperazine rings is 1. The average molecular weight is 442 g/mol. The predicted molar refractivity (Wildman–Crippen MR) is 129 cm³/mol. The van der Waals surface area contributed by atoms with Crippen LogP contribution in [0.5, 0.6) is 0 Å². The van der Waals surface area contributed by atoms with E-state index in [0.29, 0.717) is 6.42 Å². The summed E-state index contributed by atoms with van der Waals surface area (Å²) in [6, 6.07) is 18.5. The smallest absolute Gasteiger partial charge is 0.246 e. The van der Waals surface area contributed by atoms with Crippen molar-refractivity contribution in [2.45, 2.75) is 69.5 Å². The van der Waals surface area contributed by atoms with Gasteiger partial charge in [-0.25, -0.2) is 0 Å². The van der Waals surface area contributed by atoms with E-state index in [0.717, 1.165) is 49.7 Å². The number of hydrogen-bond acceptors (Lipinski definition) is 2. The van der Waals surface area contributed by atoms with Gasteiger partial charge in [-0.2, -0.15) is 0 Å². The molecule has 1 aliphatic carbocycles. The molecular formula is C28H31N3O2. The summed E-state index contributed by atoms with van der Waals surface area (Å²) in [5.74, 6) is 0.259. The Kier molecular flexibility index (Phi) is 5.20. The summed E-state index contributed by atoms with van der Waals surface area (Å²) in [7, 11) is 0. The first-order valence-corrected chi connectivity index (χ1v) is 12.5. The molecule has 2 aromatic carbocycles. The van der Waals surface area contributed by atoms with Crippen LogP contribution in [0.2, 0.25) is 0 Å². The van der Waals surface area contributed by atoms with Crippen molar-refractivity contribution in [3.63, 3.8) is 0 Å². The largest absolute Gasteiger partial charge is 0.356 e. The van der Waals surface area contributed by atoms with Crippen LogP contribution in [-0.4, -0.2) is 45.2 Å². The predicted octanol–water partition coefficient (Wildman–Crippen LogP) is 4.77. The molecule has 33 heavy (non-hydrogen) atoms. The third kappa shape index (κ3) is 3.54. The number of rotatable bonds is 4. The molecule has 2 fully saturated rings. The molecule has 0 radical (unpaired) electrons. The maximum atomic E-state index is 13.8. The van der Waals surface area contributed by atoms with E-state index >= 15 is 0 Å². The van der Waals surface area contributed by atoms with Crippen LogP contribution in [0.25, 0.3) is 10.9 Å². The fraction of sp³-hybridized carbons (Fsp3) is 0.429. The number of hydrogen-bond donors (Lipinski definition) is 1. The molecule has 3 heterocycles. The standard InChI is InChI=1S/C28H31N3O2/c32-26-18-30(20-11-5-2-6-12-20)28(33)25-17-22-21-13-7-8-14-23(21)29-27(22)24(31(25)26)16-15-19-9-3-1-4-10-19/h1,3-4,7-10,13-14,20,24-25,29H,2,5-6,11-12,15-18H2/t24-,25+/m1/s1. The Bertz CT molecular complexity index is 1180. The Morgan fingerprint density at radius 3 is 2.48 bits per heavy atom. The third-order valence-electron chi connectivity index (χ3n) is 7.98. The Labute approximate surface area is 194 Å². The number of benzene rings is 2. The molecule has 1 aromatic heterocycles. The number of amides is 2. The Hall–Kier alpha value is -3.08. The highest BCUT2D eigenvalue weighted by atomic mass is 16.2. The van der Waals surface area contributed by atoms with Crippen LogP contribution >= 0.6 is 0 Å². The van der Waals surface area contributed by atoms with Gasteiger partial charge in [0.15, 0.2) is 0 Å². The van der Waals surface area contributed by atoms with E-state index in [-0.39, 0.29) is 36.5 Å². The van der Waals surface area contributed by atoms with Crippen molar-refractivity contribution < 1.29 is 9.59 Å². The number of nitrogens with zero attached hydrogens (tertiary/aromatic N) is 2. The second-order valence-electron chi connectivity index (χ2n) is 9.88. The second kappa shape index (κ2) is 8.36. The van der Waals surface area contributed by atoms with E-state index in [1.807, 2.05) is 21.9 Å². The molecule has 3 aromatic rings. The highest BCUT2D eigenvalue weighted by Crippen LogP contribution is 2.42. The molecule has 1 saturated carbocycles. The fourth-order valence-corrected chi connectivity index (χ4v) is 6.36.